The van der Waals surface area contributed by atoms with Crippen molar-refractivity contribution in [2.45, 2.75) is 26.2 Å². The van der Waals surface area contributed by atoms with Gasteiger partial charge in [-0.15, -0.1) is 0 Å². The number of urea groups is 1. The lowest BCUT2D eigenvalue weighted by Crippen LogP contribution is -2.19. The number of pyridine rings is 1. The maximum Gasteiger partial charge on any atom is 0.323 e. The molecule has 0 spiro atoms. The van der Waals surface area contributed by atoms with Gasteiger partial charge < -0.3 is 10.6 Å². The van der Waals surface area contributed by atoms with Gasteiger partial charge >= 0.3 is 6.03 Å². The number of aromatic amines is 1. The van der Waals surface area contributed by atoms with Crippen LogP contribution in [0.3, 0.4) is 0 Å². The number of amides is 2. The number of carbonyl (C=O) groups excluding carboxylic acids is 1. The fourth-order valence-corrected chi connectivity index (χ4v) is 3.96. The van der Waals surface area contributed by atoms with Crippen molar-refractivity contribution in [2.75, 3.05) is 10.6 Å². The molecule has 174 valence electrons. The minimum atomic E-state index is -0.290. The van der Waals surface area contributed by atoms with E-state index in [1.807, 2.05) is 66.7 Å². The van der Waals surface area contributed by atoms with Gasteiger partial charge in [0.25, 0.3) is 0 Å². The Bertz CT molecular complexity index is 1460. The lowest BCUT2D eigenvalue weighted by Gasteiger charge is -2.19. The van der Waals surface area contributed by atoms with Crippen molar-refractivity contribution in [3.05, 3.63) is 96.8 Å². The summed E-state index contributed by atoms with van der Waals surface area (Å²) in [6, 6.07) is 27.6. The van der Waals surface area contributed by atoms with Gasteiger partial charge in [0.15, 0.2) is 5.65 Å². The standard InChI is InChI=1S/C29H27N5O/c1-29(2,3)26-17-24(25-18-30-34-27(25)33-26)21-11-15-23(16-12-21)32-28(35)31-22-13-9-20(10-14-22)19-7-5-4-6-8-19/h4-18H,1-3H3,(H,30,33,34)(H2,31,32,35). The van der Waals surface area contributed by atoms with Crippen molar-refractivity contribution in [1.82, 2.24) is 15.2 Å². The number of fused-ring (bicyclic) bond motifs is 1. The van der Waals surface area contributed by atoms with E-state index in [0.717, 1.165) is 44.7 Å². The van der Waals surface area contributed by atoms with Gasteiger partial charge in [-0.05, 0) is 52.6 Å². The number of nitrogens with zero attached hydrogens (tertiary/aromatic N) is 2. The zero-order chi connectivity index (χ0) is 24.4. The van der Waals surface area contributed by atoms with E-state index < -0.39 is 0 Å². The Hall–Kier alpha value is -4.45. The average molecular weight is 462 g/mol. The third-order valence-electron chi connectivity index (χ3n) is 5.89. The van der Waals surface area contributed by atoms with E-state index in [1.165, 1.54) is 0 Å². The summed E-state index contributed by atoms with van der Waals surface area (Å²) in [6.45, 7) is 6.42. The molecule has 0 bridgehead atoms. The molecular weight excluding hydrogens is 434 g/mol. The summed E-state index contributed by atoms with van der Waals surface area (Å²) in [4.78, 5) is 17.3. The average Bonchev–Trinajstić information content (AvgIpc) is 3.33. The van der Waals surface area contributed by atoms with Gasteiger partial charge in [-0.3, -0.25) is 5.10 Å². The fourth-order valence-electron chi connectivity index (χ4n) is 3.96. The van der Waals surface area contributed by atoms with Crippen LogP contribution in [0.4, 0.5) is 16.2 Å². The first-order valence-corrected chi connectivity index (χ1v) is 11.6. The molecule has 0 saturated heterocycles. The number of H-pyrrole nitrogens is 1. The monoisotopic (exact) mass is 461 g/mol. The summed E-state index contributed by atoms with van der Waals surface area (Å²) in [6.07, 6.45) is 1.80. The molecule has 2 heterocycles. The Morgan fingerprint density at radius 2 is 1.34 bits per heavy atom. The summed E-state index contributed by atoms with van der Waals surface area (Å²) < 4.78 is 0. The number of aromatic nitrogens is 3. The molecule has 6 nitrogen and oxygen atoms in total. The number of anilines is 2. The Morgan fingerprint density at radius 1 is 0.771 bits per heavy atom. The van der Waals surface area contributed by atoms with Crippen LogP contribution in [0, 0.1) is 0 Å². The largest absolute Gasteiger partial charge is 0.323 e. The highest BCUT2D eigenvalue weighted by molar-refractivity contribution is 6.00. The smallest absolute Gasteiger partial charge is 0.308 e. The van der Waals surface area contributed by atoms with Crippen LogP contribution in [-0.4, -0.2) is 21.2 Å². The van der Waals surface area contributed by atoms with E-state index in [1.54, 1.807) is 6.20 Å². The van der Waals surface area contributed by atoms with Crippen LogP contribution in [0.2, 0.25) is 0 Å². The Kier molecular flexibility index (Phi) is 5.79. The highest BCUT2D eigenvalue weighted by atomic mass is 16.2. The van der Waals surface area contributed by atoms with Crippen LogP contribution in [0.5, 0.6) is 0 Å². The summed E-state index contributed by atoms with van der Waals surface area (Å²) in [5, 5.41) is 13.9. The van der Waals surface area contributed by atoms with Crippen molar-refractivity contribution in [2.24, 2.45) is 0 Å². The second-order valence-electron chi connectivity index (χ2n) is 9.54. The first-order valence-electron chi connectivity index (χ1n) is 11.6. The van der Waals surface area contributed by atoms with E-state index in [2.05, 4.69) is 59.8 Å². The molecule has 0 aliphatic heterocycles. The molecule has 5 rings (SSSR count). The molecule has 2 amide bonds. The van der Waals surface area contributed by atoms with Gasteiger partial charge in [0.05, 0.1) is 6.20 Å². The third-order valence-corrected chi connectivity index (χ3v) is 5.89. The molecule has 35 heavy (non-hydrogen) atoms. The zero-order valence-electron chi connectivity index (χ0n) is 20.0. The van der Waals surface area contributed by atoms with Gasteiger partial charge in [-0.2, -0.15) is 5.10 Å². The zero-order valence-corrected chi connectivity index (χ0v) is 20.0. The van der Waals surface area contributed by atoms with Crippen LogP contribution in [0.25, 0.3) is 33.3 Å². The van der Waals surface area contributed by atoms with Crippen LogP contribution in [-0.2, 0) is 5.41 Å². The first kappa shape index (κ1) is 22.3. The number of nitrogens with one attached hydrogen (secondary N) is 3. The van der Waals surface area contributed by atoms with Crippen molar-refractivity contribution in [3.63, 3.8) is 0 Å². The molecule has 6 heteroatoms. The molecule has 3 aromatic carbocycles. The van der Waals surface area contributed by atoms with Crippen LogP contribution >= 0.6 is 0 Å². The summed E-state index contributed by atoms with van der Waals surface area (Å²) in [5.41, 5.74) is 7.44. The quantitative estimate of drug-likeness (QED) is 0.264. The highest BCUT2D eigenvalue weighted by Crippen LogP contribution is 2.32. The molecule has 5 aromatic rings. The van der Waals surface area contributed by atoms with Gasteiger partial charge in [0.1, 0.15) is 0 Å². The maximum atomic E-state index is 12.5. The Labute approximate surface area is 204 Å². The van der Waals surface area contributed by atoms with Crippen molar-refractivity contribution >= 4 is 28.4 Å². The number of benzene rings is 3. The Balaban J connectivity index is 1.29. The highest BCUT2D eigenvalue weighted by Gasteiger charge is 2.19. The molecule has 0 radical (unpaired) electrons. The van der Waals surface area contributed by atoms with Crippen LogP contribution < -0.4 is 10.6 Å². The van der Waals surface area contributed by atoms with Crippen molar-refractivity contribution in [1.29, 1.82) is 0 Å². The van der Waals surface area contributed by atoms with Gasteiger partial charge in [0, 0.05) is 27.9 Å². The van der Waals surface area contributed by atoms with Gasteiger partial charge in [-0.25, -0.2) is 9.78 Å². The SMILES string of the molecule is CC(C)(C)c1cc(-c2ccc(NC(=O)Nc3ccc(-c4ccccc4)cc3)cc2)c2cn[nH]c2n1. The molecule has 0 atom stereocenters. The number of hydrogen-bond donors (Lipinski definition) is 3. The van der Waals surface area contributed by atoms with E-state index in [4.69, 9.17) is 4.98 Å². The second-order valence-corrected chi connectivity index (χ2v) is 9.54. The van der Waals surface area contributed by atoms with E-state index in [9.17, 15) is 4.79 Å². The molecular formula is C29H27N5O. The summed E-state index contributed by atoms with van der Waals surface area (Å²) >= 11 is 0. The molecule has 0 unspecified atom stereocenters. The number of rotatable bonds is 4. The fraction of sp³-hybridized carbons (Fsp3) is 0.138. The summed E-state index contributed by atoms with van der Waals surface area (Å²) in [7, 11) is 0. The van der Waals surface area contributed by atoms with E-state index in [-0.39, 0.29) is 11.4 Å². The minimum absolute atomic E-state index is 0.0903. The molecule has 0 fully saturated rings. The normalized spacial score (nSPS) is 11.4. The first-order chi connectivity index (χ1) is 16.9. The van der Waals surface area contributed by atoms with E-state index in [0.29, 0.717) is 5.69 Å². The Morgan fingerprint density at radius 3 is 1.94 bits per heavy atom. The lowest BCUT2D eigenvalue weighted by molar-refractivity contribution is 0.262. The topological polar surface area (TPSA) is 82.7 Å². The van der Waals surface area contributed by atoms with E-state index >= 15 is 0 Å². The molecule has 2 aromatic heterocycles. The predicted molar refractivity (Wildman–Crippen MR) is 143 cm³/mol. The van der Waals surface area contributed by atoms with Gasteiger partial charge in [-0.1, -0.05) is 75.4 Å². The van der Waals surface area contributed by atoms with Crippen LogP contribution in [0.1, 0.15) is 26.5 Å². The van der Waals surface area contributed by atoms with Crippen molar-refractivity contribution in [3.8, 4) is 22.3 Å². The predicted octanol–water partition coefficient (Wildman–Crippen LogP) is 7.23. The van der Waals surface area contributed by atoms with Gasteiger partial charge in [0.2, 0.25) is 0 Å². The van der Waals surface area contributed by atoms with Crippen LogP contribution in [0.15, 0.2) is 91.1 Å². The number of carbonyl (C=O) groups is 1. The minimum Gasteiger partial charge on any atom is -0.308 e. The number of hydrogen-bond acceptors (Lipinski definition) is 3. The van der Waals surface area contributed by atoms with Crippen molar-refractivity contribution < 1.29 is 4.79 Å². The molecule has 0 aliphatic rings. The second kappa shape index (κ2) is 9.06. The lowest BCUT2D eigenvalue weighted by atomic mass is 9.89. The third kappa shape index (κ3) is 4.92. The maximum absolute atomic E-state index is 12.5. The molecule has 0 saturated carbocycles. The summed E-state index contributed by atoms with van der Waals surface area (Å²) in [5.74, 6) is 0. The molecule has 0 aliphatic carbocycles. The molecule has 3 N–H and O–H groups in total.